The third-order valence-electron chi connectivity index (χ3n) is 6.08. The molecule has 1 fully saturated rings. The van der Waals surface area contributed by atoms with Gasteiger partial charge in [0.05, 0.1) is 6.04 Å². The number of phenolic OH excluding ortho intramolecular Hbond substituents is 1. The van der Waals surface area contributed by atoms with Gasteiger partial charge >= 0.3 is 5.97 Å². The first kappa shape index (κ1) is 26.1. The van der Waals surface area contributed by atoms with Crippen LogP contribution in [0.25, 0.3) is 0 Å². The molecule has 10 nitrogen and oxygen atoms in total. The molecule has 0 spiro atoms. The maximum Gasteiger partial charge on any atom is 0.326 e. The summed E-state index contributed by atoms with van der Waals surface area (Å²) in [5, 5.41) is 24.0. The summed E-state index contributed by atoms with van der Waals surface area (Å²) in [5.41, 5.74) is 6.72. The standard InChI is InChI=1S/C23H34N4O6/c1-4-13(2)19(22(31)27-11-5-6-18(27)23(32)33)26-20(29)14(3)25-21(30)17(24)12-15-7-9-16(28)10-8-15/h7-10,13-14,17-19,28H,4-6,11-12,24H2,1-3H3,(H,25,30)(H,26,29)(H,32,33). The number of hydrogen-bond acceptors (Lipinski definition) is 6. The SMILES string of the molecule is CCC(C)C(NC(=O)C(C)NC(=O)C(N)Cc1ccc(O)cc1)C(=O)N1CCCC1C(=O)O. The average Bonchev–Trinajstić information content (AvgIpc) is 3.28. The molecule has 5 unspecified atom stereocenters. The quantitative estimate of drug-likeness (QED) is 0.335. The van der Waals surface area contributed by atoms with Gasteiger partial charge in [-0.15, -0.1) is 0 Å². The highest BCUT2D eigenvalue weighted by Crippen LogP contribution is 2.21. The van der Waals surface area contributed by atoms with Gasteiger partial charge in [-0.3, -0.25) is 14.4 Å². The van der Waals surface area contributed by atoms with Crippen LogP contribution >= 0.6 is 0 Å². The lowest BCUT2D eigenvalue weighted by atomic mass is 9.97. The molecule has 0 aromatic heterocycles. The van der Waals surface area contributed by atoms with Crippen molar-refractivity contribution in [1.29, 1.82) is 0 Å². The van der Waals surface area contributed by atoms with Crippen molar-refractivity contribution < 1.29 is 29.4 Å². The molecule has 0 saturated carbocycles. The van der Waals surface area contributed by atoms with Gasteiger partial charge in [-0.1, -0.05) is 32.4 Å². The number of amides is 3. The van der Waals surface area contributed by atoms with Crippen molar-refractivity contribution >= 4 is 23.7 Å². The number of nitrogens with zero attached hydrogens (tertiary/aromatic N) is 1. The molecule has 33 heavy (non-hydrogen) atoms. The van der Waals surface area contributed by atoms with E-state index in [-0.39, 0.29) is 18.1 Å². The topological polar surface area (TPSA) is 162 Å². The van der Waals surface area contributed by atoms with E-state index >= 15 is 0 Å². The minimum absolute atomic E-state index is 0.107. The predicted octanol–water partition coefficient (Wildman–Crippen LogP) is 0.373. The van der Waals surface area contributed by atoms with Crippen LogP contribution in [0.1, 0.15) is 45.6 Å². The molecule has 182 valence electrons. The number of rotatable bonds is 10. The summed E-state index contributed by atoms with van der Waals surface area (Å²) in [7, 11) is 0. The fourth-order valence-corrected chi connectivity index (χ4v) is 3.79. The van der Waals surface area contributed by atoms with Gasteiger partial charge in [-0.25, -0.2) is 4.79 Å². The highest BCUT2D eigenvalue weighted by molar-refractivity contribution is 5.94. The summed E-state index contributed by atoms with van der Waals surface area (Å²) in [5.74, 6) is -2.68. The molecule has 5 atom stereocenters. The third kappa shape index (κ3) is 6.92. The lowest BCUT2D eigenvalue weighted by Crippen LogP contribution is -2.58. The average molecular weight is 463 g/mol. The number of hydrogen-bond donors (Lipinski definition) is 5. The summed E-state index contributed by atoms with van der Waals surface area (Å²) in [4.78, 5) is 51.1. The molecule has 1 aliphatic heterocycles. The molecule has 3 amide bonds. The summed E-state index contributed by atoms with van der Waals surface area (Å²) < 4.78 is 0. The van der Waals surface area contributed by atoms with Gasteiger partial charge in [0.15, 0.2) is 0 Å². The van der Waals surface area contributed by atoms with Crippen LogP contribution in [0.2, 0.25) is 0 Å². The van der Waals surface area contributed by atoms with E-state index in [9.17, 15) is 29.4 Å². The lowest BCUT2D eigenvalue weighted by Gasteiger charge is -2.31. The molecule has 0 radical (unpaired) electrons. The minimum atomic E-state index is -1.06. The lowest BCUT2D eigenvalue weighted by molar-refractivity contribution is -0.150. The van der Waals surface area contributed by atoms with Crippen molar-refractivity contribution in [3.8, 4) is 5.75 Å². The first-order valence-electron chi connectivity index (χ1n) is 11.2. The van der Waals surface area contributed by atoms with E-state index in [0.717, 1.165) is 5.56 Å². The first-order chi connectivity index (χ1) is 15.5. The normalized spacial score (nSPS) is 19.3. The molecule has 1 heterocycles. The summed E-state index contributed by atoms with van der Waals surface area (Å²) >= 11 is 0. The first-order valence-corrected chi connectivity index (χ1v) is 11.2. The second-order valence-electron chi connectivity index (χ2n) is 8.61. The van der Waals surface area contributed by atoms with Crippen molar-refractivity contribution in [1.82, 2.24) is 15.5 Å². The predicted molar refractivity (Wildman–Crippen MR) is 121 cm³/mol. The maximum absolute atomic E-state index is 13.1. The highest BCUT2D eigenvalue weighted by Gasteiger charge is 2.39. The van der Waals surface area contributed by atoms with E-state index in [1.54, 1.807) is 12.1 Å². The molecular formula is C23H34N4O6. The number of aliphatic carboxylic acids is 1. The van der Waals surface area contributed by atoms with E-state index in [2.05, 4.69) is 10.6 Å². The Labute approximate surface area is 193 Å². The van der Waals surface area contributed by atoms with Gasteiger partial charge in [0, 0.05) is 6.54 Å². The van der Waals surface area contributed by atoms with Gasteiger partial charge < -0.3 is 31.5 Å². The molecule has 1 saturated heterocycles. The van der Waals surface area contributed by atoms with Crippen molar-refractivity contribution in [2.24, 2.45) is 11.7 Å². The molecule has 1 aliphatic rings. The van der Waals surface area contributed by atoms with Gasteiger partial charge in [-0.2, -0.15) is 0 Å². The maximum atomic E-state index is 13.1. The Hall–Kier alpha value is -3.14. The Balaban J connectivity index is 1.99. The number of aromatic hydroxyl groups is 1. The number of likely N-dealkylation sites (tertiary alicyclic amines) is 1. The second kappa shape index (κ2) is 11.6. The highest BCUT2D eigenvalue weighted by atomic mass is 16.4. The van der Waals surface area contributed by atoms with Crippen molar-refractivity contribution in [2.75, 3.05) is 6.54 Å². The Morgan fingerprint density at radius 3 is 2.33 bits per heavy atom. The molecule has 2 rings (SSSR count). The fraction of sp³-hybridized carbons (Fsp3) is 0.565. The molecule has 10 heteroatoms. The number of carboxylic acids is 1. The zero-order valence-electron chi connectivity index (χ0n) is 19.3. The number of carboxylic acid groups (broad SMARTS) is 1. The van der Waals surface area contributed by atoms with Crippen LogP contribution in [0, 0.1) is 5.92 Å². The number of phenols is 1. The zero-order chi connectivity index (χ0) is 24.7. The molecular weight excluding hydrogens is 428 g/mol. The van der Waals surface area contributed by atoms with E-state index in [1.165, 1.54) is 24.0 Å². The van der Waals surface area contributed by atoms with Crippen LogP contribution in [-0.4, -0.2) is 69.5 Å². The van der Waals surface area contributed by atoms with Crippen LogP contribution in [0.5, 0.6) is 5.75 Å². The zero-order valence-corrected chi connectivity index (χ0v) is 19.3. The third-order valence-corrected chi connectivity index (χ3v) is 6.08. The summed E-state index contributed by atoms with van der Waals surface area (Å²) in [6.07, 6.45) is 1.80. The van der Waals surface area contributed by atoms with Gasteiger partial charge in [0.1, 0.15) is 23.9 Å². The van der Waals surface area contributed by atoms with Crippen LogP contribution in [0.3, 0.4) is 0 Å². The van der Waals surface area contributed by atoms with E-state index < -0.39 is 47.9 Å². The Morgan fingerprint density at radius 1 is 1.12 bits per heavy atom. The van der Waals surface area contributed by atoms with Crippen LogP contribution < -0.4 is 16.4 Å². The monoisotopic (exact) mass is 462 g/mol. The van der Waals surface area contributed by atoms with Gasteiger partial charge in [0.25, 0.3) is 0 Å². The van der Waals surface area contributed by atoms with Gasteiger partial charge in [-0.05, 0) is 49.8 Å². The molecule has 6 N–H and O–H groups in total. The molecule has 1 aromatic rings. The molecule has 1 aromatic carbocycles. The van der Waals surface area contributed by atoms with Crippen molar-refractivity contribution in [3.05, 3.63) is 29.8 Å². The van der Waals surface area contributed by atoms with Crippen LogP contribution in [0.4, 0.5) is 0 Å². The van der Waals surface area contributed by atoms with E-state index in [0.29, 0.717) is 25.8 Å². The Bertz CT molecular complexity index is 859. The Morgan fingerprint density at radius 2 is 1.76 bits per heavy atom. The number of carbonyl (C=O) groups is 4. The minimum Gasteiger partial charge on any atom is -0.508 e. The number of nitrogens with one attached hydrogen (secondary N) is 2. The summed E-state index contributed by atoms with van der Waals surface area (Å²) in [6.45, 7) is 5.51. The van der Waals surface area contributed by atoms with Gasteiger partial charge in [0.2, 0.25) is 17.7 Å². The number of nitrogens with two attached hydrogens (primary N) is 1. The molecule has 0 bridgehead atoms. The largest absolute Gasteiger partial charge is 0.508 e. The summed E-state index contributed by atoms with van der Waals surface area (Å²) in [6, 6.07) is 2.67. The van der Waals surface area contributed by atoms with Crippen molar-refractivity contribution in [2.45, 2.75) is 70.6 Å². The molecule has 0 aliphatic carbocycles. The number of benzene rings is 1. The second-order valence-corrected chi connectivity index (χ2v) is 8.61. The van der Waals surface area contributed by atoms with Crippen LogP contribution in [0.15, 0.2) is 24.3 Å². The smallest absolute Gasteiger partial charge is 0.326 e. The van der Waals surface area contributed by atoms with Crippen LogP contribution in [-0.2, 0) is 25.6 Å². The van der Waals surface area contributed by atoms with E-state index in [4.69, 9.17) is 5.73 Å². The van der Waals surface area contributed by atoms with E-state index in [1.807, 2.05) is 13.8 Å². The number of carbonyl (C=O) groups excluding carboxylic acids is 3. The van der Waals surface area contributed by atoms with Crippen molar-refractivity contribution in [3.63, 3.8) is 0 Å². The fourth-order valence-electron chi connectivity index (χ4n) is 3.79. The Kier molecular flexibility index (Phi) is 9.22.